The summed E-state index contributed by atoms with van der Waals surface area (Å²) in [5.74, 6) is 3.63. The Morgan fingerprint density at radius 1 is 1.30 bits per heavy atom. The summed E-state index contributed by atoms with van der Waals surface area (Å²) in [5.41, 5.74) is 0.384. The Hall–Kier alpha value is -0.420. The average Bonchev–Trinajstić information content (AvgIpc) is 2.93. The van der Waals surface area contributed by atoms with Gasteiger partial charge in [-0.2, -0.15) is 11.8 Å². The summed E-state index contributed by atoms with van der Waals surface area (Å²) in [5, 5.41) is 7.04. The van der Waals surface area contributed by atoms with Crippen molar-refractivity contribution in [3.8, 4) is 0 Å². The molecule has 1 atom stereocenters. The van der Waals surface area contributed by atoms with Gasteiger partial charge in [-0.05, 0) is 19.8 Å². The molecule has 1 aliphatic carbocycles. The summed E-state index contributed by atoms with van der Waals surface area (Å²) in [6.07, 6.45) is 6.91. The Morgan fingerprint density at radius 2 is 2.05 bits per heavy atom. The van der Waals surface area contributed by atoms with E-state index in [2.05, 4.69) is 39.2 Å². The summed E-state index contributed by atoms with van der Waals surface area (Å²) in [4.78, 5) is 7.32. The van der Waals surface area contributed by atoms with E-state index in [-0.39, 0.29) is 0 Å². The minimum atomic E-state index is 0.384. The maximum absolute atomic E-state index is 4.55. The van der Waals surface area contributed by atoms with Gasteiger partial charge in [0.1, 0.15) is 0 Å². The van der Waals surface area contributed by atoms with Crippen LogP contribution < -0.4 is 10.6 Å². The van der Waals surface area contributed by atoms with Crippen LogP contribution in [0.2, 0.25) is 0 Å². The molecule has 2 N–H and O–H groups in total. The molecule has 0 spiro atoms. The Labute approximate surface area is 127 Å². The topological polar surface area (TPSA) is 39.7 Å². The number of hydrogen-bond donors (Lipinski definition) is 2. The molecule has 5 heteroatoms. The van der Waals surface area contributed by atoms with Crippen molar-refractivity contribution in [2.45, 2.75) is 50.6 Å². The van der Waals surface area contributed by atoms with Gasteiger partial charge >= 0.3 is 0 Å². The molecule has 0 amide bonds. The van der Waals surface area contributed by atoms with Crippen LogP contribution in [-0.2, 0) is 0 Å². The first-order chi connectivity index (χ1) is 9.78. The van der Waals surface area contributed by atoms with Crippen LogP contribution in [-0.4, -0.2) is 60.1 Å². The fraction of sp³-hybridized carbons (Fsp3) is 0.933. The predicted octanol–water partition coefficient (Wildman–Crippen LogP) is 1.68. The van der Waals surface area contributed by atoms with Crippen LogP contribution in [0.25, 0.3) is 0 Å². The standard InChI is InChI=1S/C15H28N4S/c1-13-11-16-14(18-13)17-12-15(5-3-2-4-6-15)19-7-9-20-10-8-19/h13H,2-12H2,1H3,(H2,16,17,18). The van der Waals surface area contributed by atoms with Crippen LogP contribution in [0.1, 0.15) is 39.0 Å². The van der Waals surface area contributed by atoms with Gasteiger partial charge in [0.2, 0.25) is 0 Å². The van der Waals surface area contributed by atoms with Crippen molar-refractivity contribution in [1.29, 1.82) is 0 Å². The van der Waals surface area contributed by atoms with Crippen LogP contribution in [0.5, 0.6) is 0 Å². The zero-order chi connectivity index (χ0) is 13.8. The summed E-state index contributed by atoms with van der Waals surface area (Å²) in [7, 11) is 0. The van der Waals surface area contributed by atoms with Crippen molar-refractivity contribution in [2.75, 3.05) is 37.7 Å². The number of thioether (sulfide) groups is 1. The average molecular weight is 296 g/mol. The van der Waals surface area contributed by atoms with E-state index >= 15 is 0 Å². The molecular formula is C15H28N4S. The van der Waals surface area contributed by atoms with Crippen molar-refractivity contribution in [1.82, 2.24) is 15.5 Å². The Balaban J connectivity index is 1.62. The van der Waals surface area contributed by atoms with Gasteiger partial charge in [0, 0.05) is 42.7 Å². The summed E-state index contributed by atoms with van der Waals surface area (Å²) >= 11 is 2.11. The fourth-order valence-electron chi connectivity index (χ4n) is 3.76. The van der Waals surface area contributed by atoms with E-state index in [1.54, 1.807) is 0 Å². The van der Waals surface area contributed by atoms with Gasteiger partial charge in [0.15, 0.2) is 5.96 Å². The molecule has 2 fully saturated rings. The molecular weight excluding hydrogens is 268 g/mol. The number of hydrogen-bond acceptors (Lipinski definition) is 5. The lowest BCUT2D eigenvalue weighted by atomic mass is 9.80. The van der Waals surface area contributed by atoms with Gasteiger partial charge < -0.3 is 10.6 Å². The third kappa shape index (κ3) is 3.25. The molecule has 2 aliphatic heterocycles. The summed E-state index contributed by atoms with van der Waals surface area (Å²) in [6.45, 7) is 6.70. The third-order valence-corrected chi connectivity index (χ3v) is 5.90. The molecule has 3 rings (SSSR count). The van der Waals surface area contributed by atoms with Gasteiger partial charge in [-0.1, -0.05) is 19.3 Å². The smallest absolute Gasteiger partial charge is 0.191 e. The van der Waals surface area contributed by atoms with Crippen molar-refractivity contribution in [3.63, 3.8) is 0 Å². The Kier molecular flexibility index (Phi) is 4.76. The highest BCUT2D eigenvalue weighted by atomic mass is 32.2. The Bertz CT molecular complexity index is 346. The van der Waals surface area contributed by atoms with Crippen molar-refractivity contribution >= 4 is 17.7 Å². The second kappa shape index (κ2) is 6.56. The number of nitrogens with zero attached hydrogens (tertiary/aromatic N) is 2. The monoisotopic (exact) mass is 296 g/mol. The summed E-state index contributed by atoms with van der Waals surface area (Å²) in [6, 6.07) is 0.492. The highest BCUT2D eigenvalue weighted by Crippen LogP contribution is 2.34. The first-order valence-electron chi connectivity index (χ1n) is 8.16. The lowest BCUT2D eigenvalue weighted by Crippen LogP contribution is -2.59. The first kappa shape index (κ1) is 14.5. The van der Waals surface area contributed by atoms with E-state index in [1.807, 2.05) is 0 Å². The lowest BCUT2D eigenvalue weighted by molar-refractivity contribution is 0.0626. The van der Waals surface area contributed by atoms with Crippen LogP contribution in [0.3, 0.4) is 0 Å². The molecule has 1 unspecified atom stereocenters. The maximum Gasteiger partial charge on any atom is 0.191 e. The molecule has 114 valence electrons. The second-order valence-corrected chi connectivity index (χ2v) is 7.70. The van der Waals surface area contributed by atoms with E-state index in [0.29, 0.717) is 11.6 Å². The normalized spacial score (nSPS) is 30.6. The molecule has 0 radical (unpaired) electrons. The molecule has 2 heterocycles. The van der Waals surface area contributed by atoms with E-state index in [1.165, 1.54) is 56.7 Å². The molecule has 3 aliphatic rings. The van der Waals surface area contributed by atoms with Crippen LogP contribution in [0.15, 0.2) is 4.99 Å². The minimum absolute atomic E-state index is 0.384. The molecule has 20 heavy (non-hydrogen) atoms. The molecule has 0 aromatic heterocycles. The lowest BCUT2D eigenvalue weighted by Gasteiger charge is -2.48. The second-order valence-electron chi connectivity index (χ2n) is 6.47. The zero-order valence-electron chi connectivity index (χ0n) is 12.7. The number of rotatable bonds is 3. The number of guanidine groups is 1. The number of aliphatic imine (C=N–C) groups is 1. The molecule has 4 nitrogen and oxygen atoms in total. The van der Waals surface area contributed by atoms with Gasteiger partial charge in [-0.25, -0.2) is 0 Å². The number of nitrogens with one attached hydrogen (secondary N) is 2. The van der Waals surface area contributed by atoms with Crippen molar-refractivity contribution < 1.29 is 0 Å². The third-order valence-electron chi connectivity index (χ3n) is 4.96. The molecule has 0 aromatic carbocycles. The van der Waals surface area contributed by atoms with Gasteiger partial charge in [-0.3, -0.25) is 9.89 Å². The molecule has 1 saturated carbocycles. The van der Waals surface area contributed by atoms with E-state index in [4.69, 9.17) is 0 Å². The summed E-state index contributed by atoms with van der Waals surface area (Å²) < 4.78 is 0. The fourth-order valence-corrected chi connectivity index (χ4v) is 4.66. The zero-order valence-corrected chi connectivity index (χ0v) is 13.5. The largest absolute Gasteiger partial charge is 0.355 e. The maximum atomic E-state index is 4.55. The minimum Gasteiger partial charge on any atom is -0.355 e. The SMILES string of the molecule is CC1CN=C(NCC2(N3CCSCC3)CCCCC2)N1. The van der Waals surface area contributed by atoms with Crippen molar-refractivity contribution in [3.05, 3.63) is 0 Å². The van der Waals surface area contributed by atoms with Crippen LogP contribution in [0, 0.1) is 0 Å². The van der Waals surface area contributed by atoms with Crippen LogP contribution in [0.4, 0.5) is 0 Å². The highest BCUT2D eigenvalue weighted by molar-refractivity contribution is 7.99. The molecule has 1 saturated heterocycles. The first-order valence-corrected chi connectivity index (χ1v) is 9.32. The molecule has 0 aromatic rings. The van der Waals surface area contributed by atoms with Crippen LogP contribution >= 0.6 is 11.8 Å². The molecule has 0 bridgehead atoms. The Morgan fingerprint density at radius 3 is 2.70 bits per heavy atom. The highest BCUT2D eigenvalue weighted by Gasteiger charge is 2.38. The van der Waals surface area contributed by atoms with E-state index < -0.39 is 0 Å². The van der Waals surface area contributed by atoms with Gasteiger partial charge in [0.05, 0.1) is 6.54 Å². The quantitative estimate of drug-likeness (QED) is 0.831. The predicted molar refractivity (Wildman–Crippen MR) is 87.6 cm³/mol. The van der Waals surface area contributed by atoms with E-state index in [0.717, 1.165) is 19.0 Å². The van der Waals surface area contributed by atoms with E-state index in [9.17, 15) is 0 Å². The van der Waals surface area contributed by atoms with Crippen molar-refractivity contribution in [2.24, 2.45) is 4.99 Å². The van der Waals surface area contributed by atoms with Gasteiger partial charge in [0.25, 0.3) is 0 Å². The van der Waals surface area contributed by atoms with Gasteiger partial charge in [-0.15, -0.1) is 0 Å².